The summed E-state index contributed by atoms with van der Waals surface area (Å²) < 4.78 is 31.7. The molecule has 3 N–H and O–H groups in total. The molecule has 1 amide bonds. The summed E-state index contributed by atoms with van der Waals surface area (Å²) in [5, 5.41) is 13.6. The Morgan fingerprint density at radius 2 is 1.84 bits per heavy atom. The van der Waals surface area contributed by atoms with Crippen LogP contribution in [-0.2, 0) is 16.0 Å². The van der Waals surface area contributed by atoms with Gasteiger partial charge in [0.15, 0.2) is 0 Å². The van der Waals surface area contributed by atoms with Gasteiger partial charge in [-0.1, -0.05) is 24.3 Å². The summed E-state index contributed by atoms with van der Waals surface area (Å²) in [6.45, 7) is 0.972. The van der Waals surface area contributed by atoms with Crippen LogP contribution in [0.25, 0.3) is 0 Å². The summed E-state index contributed by atoms with van der Waals surface area (Å²) in [5.41, 5.74) is 2.71. The maximum Gasteiger partial charge on any atom is 0.490 e. The van der Waals surface area contributed by atoms with E-state index in [1.165, 1.54) is 17.5 Å². The summed E-state index contributed by atoms with van der Waals surface area (Å²) in [4.78, 5) is 21.0. The fourth-order valence-electron chi connectivity index (χ4n) is 3.08. The van der Waals surface area contributed by atoms with Crippen LogP contribution in [0.3, 0.4) is 0 Å². The second kappa shape index (κ2) is 8.33. The number of halogens is 3. The lowest BCUT2D eigenvalue weighted by Crippen LogP contribution is -2.42. The number of fused-ring (bicyclic) bond motifs is 1. The average molecular weight is 358 g/mol. The molecule has 1 aromatic rings. The predicted molar refractivity (Wildman–Crippen MR) is 85.0 cm³/mol. The Morgan fingerprint density at radius 1 is 1.16 bits per heavy atom. The highest BCUT2D eigenvalue weighted by Gasteiger charge is 2.38. The van der Waals surface area contributed by atoms with Crippen LogP contribution < -0.4 is 10.6 Å². The van der Waals surface area contributed by atoms with Crippen LogP contribution in [-0.4, -0.2) is 35.7 Å². The number of aliphatic carboxylic acids is 1. The van der Waals surface area contributed by atoms with E-state index in [9.17, 15) is 18.0 Å². The topological polar surface area (TPSA) is 78.4 Å². The number of hydrogen-bond acceptors (Lipinski definition) is 3. The zero-order valence-electron chi connectivity index (χ0n) is 13.6. The van der Waals surface area contributed by atoms with Crippen molar-refractivity contribution in [1.82, 2.24) is 10.6 Å². The van der Waals surface area contributed by atoms with E-state index in [1.54, 1.807) is 0 Å². The minimum absolute atomic E-state index is 0.0269. The number of hydrogen-bond donors (Lipinski definition) is 3. The third-order valence-corrected chi connectivity index (χ3v) is 4.31. The van der Waals surface area contributed by atoms with Gasteiger partial charge in [-0.05, 0) is 49.8 Å². The SMILES string of the molecule is O=C(N[C@@H]1CCCc2ccccc21)C1CCCN1.O=C(O)C(F)(F)F. The molecule has 0 aromatic heterocycles. The fourth-order valence-corrected chi connectivity index (χ4v) is 3.08. The van der Waals surface area contributed by atoms with Gasteiger partial charge in [0.1, 0.15) is 0 Å². The number of alkyl halides is 3. The Balaban J connectivity index is 0.000000277. The molecule has 0 spiro atoms. The van der Waals surface area contributed by atoms with Crippen molar-refractivity contribution in [3.05, 3.63) is 35.4 Å². The molecule has 1 aliphatic carbocycles. The maximum atomic E-state index is 12.1. The second-order valence-corrected chi connectivity index (χ2v) is 6.10. The number of amides is 1. The van der Waals surface area contributed by atoms with E-state index in [1.807, 2.05) is 0 Å². The number of carboxylic acid groups (broad SMARTS) is 1. The lowest BCUT2D eigenvalue weighted by Gasteiger charge is -2.27. The van der Waals surface area contributed by atoms with E-state index in [0.29, 0.717) is 0 Å². The standard InChI is InChI=1S/C15H20N2O.C2HF3O2/c18-15(14-9-4-10-16-14)17-13-8-3-6-11-5-1-2-7-12(11)13;3-2(4,5)1(6)7/h1-2,5,7,13-14,16H,3-4,6,8-10H2,(H,17,18);(H,6,7)/t13-,14?;/m1./s1. The first kappa shape index (κ1) is 19.2. The minimum Gasteiger partial charge on any atom is -0.475 e. The largest absolute Gasteiger partial charge is 0.490 e. The predicted octanol–water partition coefficient (Wildman–Crippen LogP) is 2.57. The summed E-state index contributed by atoms with van der Waals surface area (Å²) in [6.07, 6.45) is 0.374. The van der Waals surface area contributed by atoms with E-state index in [4.69, 9.17) is 9.90 Å². The first-order chi connectivity index (χ1) is 11.8. The third-order valence-electron chi connectivity index (χ3n) is 4.31. The highest BCUT2D eigenvalue weighted by atomic mass is 19.4. The maximum absolute atomic E-state index is 12.1. The molecule has 1 heterocycles. The average Bonchev–Trinajstić information content (AvgIpc) is 3.09. The first-order valence-electron chi connectivity index (χ1n) is 8.20. The highest BCUT2D eigenvalue weighted by Crippen LogP contribution is 2.29. The molecule has 5 nitrogen and oxygen atoms in total. The van der Waals surface area contributed by atoms with Crippen molar-refractivity contribution < 1.29 is 27.9 Å². The molecule has 0 radical (unpaired) electrons. The fraction of sp³-hybridized carbons (Fsp3) is 0.529. The normalized spacial score (nSPS) is 22.4. The van der Waals surface area contributed by atoms with Crippen molar-refractivity contribution in [2.24, 2.45) is 0 Å². The van der Waals surface area contributed by atoms with Gasteiger partial charge in [-0.2, -0.15) is 13.2 Å². The van der Waals surface area contributed by atoms with Crippen LogP contribution in [0.15, 0.2) is 24.3 Å². The molecule has 8 heteroatoms. The van der Waals surface area contributed by atoms with Gasteiger partial charge in [-0.3, -0.25) is 4.79 Å². The molecule has 138 valence electrons. The van der Waals surface area contributed by atoms with Crippen molar-refractivity contribution in [3.8, 4) is 0 Å². The molecule has 1 unspecified atom stereocenters. The molecule has 1 aliphatic heterocycles. The van der Waals surface area contributed by atoms with Crippen LogP contribution >= 0.6 is 0 Å². The molecule has 0 saturated carbocycles. The van der Waals surface area contributed by atoms with Crippen molar-refractivity contribution in [3.63, 3.8) is 0 Å². The van der Waals surface area contributed by atoms with E-state index in [2.05, 4.69) is 34.9 Å². The zero-order valence-corrected chi connectivity index (χ0v) is 13.6. The van der Waals surface area contributed by atoms with Gasteiger partial charge in [0, 0.05) is 0 Å². The van der Waals surface area contributed by atoms with Crippen LogP contribution in [0.5, 0.6) is 0 Å². The summed E-state index contributed by atoms with van der Waals surface area (Å²) in [7, 11) is 0. The van der Waals surface area contributed by atoms with Crippen LogP contribution in [0.4, 0.5) is 13.2 Å². The van der Waals surface area contributed by atoms with E-state index < -0.39 is 12.1 Å². The van der Waals surface area contributed by atoms with Crippen molar-refractivity contribution in [2.45, 2.75) is 50.4 Å². The number of aryl methyl sites for hydroxylation is 1. The van der Waals surface area contributed by atoms with Gasteiger partial charge in [0.2, 0.25) is 5.91 Å². The Bertz CT molecular complexity index is 613. The van der Waals surface area contributed by atoms with Crippen LogP contribution in [0.1, 0.15) is 42.9 Å². The molecule has 25 heavy (non-hydrogen) atoms. The quantitative estimate of drug-likeness (QED) is 0.759. The molecule has 1 aromatic carbocycles. The number of benzene rings is 1. The molecule has 2 atom stereocenters. The lowest BCUT2D eigenvalue weighted by atomic mass is 9.87. The number of carbonyl (C=O) groups excluding carboxylic acids is 1. The van der Waals surface area contributed by atoms with Crippen LogP contribution in [0, 0.1) is 0 Å². The Labute approximate surface area is 143 Å². The minimum atomic E-state index is -5.08. The number of rotatable bonds is 2. The Kier molecular flexibility index (Phi) is 6.41. The van der Waals surface area contributed by atoms with Crippen molar-refractivity contribution >= 4 is 11.9 Å². The zero-order chi connectivity index (χ0) is 18.4. The van der Waals surface area contributed by atoms with E-state index in [0.717, 1.165) is 32.2 Å². The van der Waals surface area contributed by atoms with Gasteiger partial charge in [-0.25, -0.2) is 4.79 Å². The van der Waals surface area contributed by atoms with Crippen molar-refractivity contribution in [1.29, 1.82) is 0 Å². The molecule has 0 bridgehead atoms. The molecular formula is C17H21F3N2O3. The van der Waals surface area contributed by atoms with Gasteiger partial charge in [0.25, 0.3) is 0 Å². The molecule has 2 aliphatic rings. The van der Waals surface area contributed by atoms with Gasteiger partial charge >= 0.3 is 12.1 Å². The van der Waals surface area contributed by atoms with Crippen LogP contribution in [0.2, 0.25) is 0 Å². The molecule has 3 rings (SSSR count). The molecule has 1 fully saturated rings. The van der Waals surface area contributed by atoms with Gasteiger partial charge < -0.3 is 15.7 Å². The lowest BCUT2D eigenvalue weighted by molar-refractivity contribution is -0.192. The highest BCUT2D eigenvalue weighted by molar-refractivity contribution is 5.82. The first-order valence-corrected chi connectivity index (χ1v) is 8.20. The Hall–Kier alpha value is -2.09. The number of nitrogens with one attached hydrogen (secondary N) is 2. The van der Waals surface area contributed by atoms with E-state index in [-0.39, 0.29) is 18.0 Å². The summed E-state index contributed by atoms with van der Waals surface area (Å²) in [6, 6.07) is 8.73. The van der Waals surface area contributed by atoms with Gasteiger partial charge in [-0.15, -0.1) is 0 Å². The van der Waals surface area contributed by atoms with E-state index >= 15 is 0 Å². The Morgan fingerprint density at radius 3 is 2.44 bits per heavy atom. The van der Waals surface area contributed by atoms with Gasteiger partial charge in [0.05, 0.1) is 12.1 Å². The number of carboxylic acids is 1. The molecular weight excluding hydrogens is 337 g/mol. The molecule has 1 saturated heterocycles. The monoisotopic (exact) mass is 358 g/mol. The summed E-state index contributed by atoms with van der Waals surface area (Å²) in [5.74, 6) is -2.58. The third kappa shape index (κ3) is 5.45. The number of carbonyl (C=O) groups is 2. The second-order valence-electron chi connectivity index (χ2n) is 6.10. The van der Waals surface area contributed by atoms with Crippen molar-refractivity contribution in [2.75, 3.05) is 6.54 Å². The smallest absolute Gasteiger partial charge is 0.475 e. The summed E-state index contributed by atoms with van der Waals surface area (Å²) >= 11 is 0.